The number of methoxy groups -OCH3 is 1. The molecule has 0 saturated heterocycles. The maximum Gasteiger partial charge on any atom is 0.251 e. The van der Waals surface area contributed by atoms with Gasteiger partial charge in [-0.15, -0.1) is 0 Å². The van der Waals surface area contributed by atoms with Crippen LogP contribution in [0.25, 0.3) is 16.9 Å². The lowest BCUT2D eigenvalue weighted by Crippen LogP contribution is -2.24. The standard InChI is InChI=1S/C28H32ClN5O2/c1-19(2)7-5-4-6-14-31-28(35)20-8-11-22(12-9-20)33-26-27-32-18-24(34(27)16-15-30-26)21-10-13-25(36-3)23(29)17-21/h8-13,15-19H,4-7,14H2,1-3H3,(H,30,33)(H,31,35). The van der Waals surface area contributed by atoms with Crippen molar-refractivity contribution < 1.29 is 9.53 Å². The molecule has 0 radical (unpaired) electrons. The molecular formula is C28H32ClN5O2. The number of anilines is 2. The third-order valence-electron chi connectivity index (χ3n) is 6.03. The van der Waals surface area contributed by atoms with Crippen LogP contribution in [0.4, 0.5) is 11.5 Å². The van der Waals surface area contributed by atoms with E-state index in [1.165, 1.54) is 12.8 Å². The molecule has 0 aliphatic rings. The molecule has 0 aliphatic heterocycles. The van der Waals surface area contributed by atoms with Gasteiger partial charge in [0.05, 0.1) is 24.0 Å². The molecule has 0 spiro atoms. The first-order chi connectivity index (χ1) is 17.5. The van der Waals surface area contributed by atoms with Crippen molar-refractivity contribution in [1.29, 1.82) is 0 Å². The summed E-state index contributed by atoms with van der Waals surface area (Å²) in [6, 6.07) is 13.0. The Morgan fingerprint density at radius 2 is 1.89 bits per heavy atom. The normalized spacial score (nSPS) is 11.1. The van der Waals surface area contributed by atoms with Gasteiger partial charge in [-0.3, -0.25) is 9.20 Å². The minimum absolute atomic E-state index is 0.0540. The number of hydrogen-bond donors (Lipinski definition) is 2. The number of ether oxygens (including phenoxy) is 1. The van der Waals surface area contributed by atoms with Crippen molar-refractivity contribution in [2.24, 2.45) is 5.92 Å². The van der Waals surface area contributed by atoms with Crippen LogP contribution in [0.2, 0.25) is 5.02 Å². The Morgan fingerprint density at radius 3 is 2.61 bits per heavy atom. The Kier molecular flexibility index (Phi) is 8.44. The molecule has 4 rings (SSSR count). The molecule has 0 aliphatic carbocycles. The molecular weight excluding hydrogens is 474 g/mol. The second kappa shape index (κ2) is 11.9. The fourth-order valence-electron chi connectivity index (χ4n) is 4.05. The Balaban J connectivity index is 1.40. The van der Waals surface area contributed by atoms with Gasteiger partial charge in [-0.1, -0.05) is 44.7 Å². The van der Waals surface area contributed by atoms with Crippen LogP contribution in [0.1, 0.15) is 49.9 Å². The van der Waals surface area contributed by atoms with Gasteiger partial charge in [0.2, 0.25) is 0 Å². The first kappa shape index (κ1) is 25.5. The average molecular weight is 506 g/mol. The number of aromatic nitrogens is 3. The summed E-state index contributed by atoms with van der Waals surface area (Å²) in [5.41, 5.74) is 3.93. The molecule has 0 atom stereocenters. The van der Waals surface area contributed by atoms with Gasteiger partial charge in [-0.25, -0.2) is 9.97 Å². The van der Waals surface area contributed by atoms with Crippen molar-refractivity contribution in [1.82, 2.24) is 19.7 Å². The van der Waals surface area contributed by atoms with Gasteiger partial charge in [-0.2, -0.15) is 0 Å². The average Bonchev–Trinajstić information content (AvgIpc) is 3.31. The number of nitrogens with one attached hydrogen (secondary N) is 2. The van der Waals surface area contributed by atoms with E-state index >= 15 is 0 Å². The molecule has 2 heterocycles. The van der Waals surface area contributed by atoms with Gasteiger partial charge in [0.15, 0.2) is 11.5 Å². The highest BCUT2D eigenvalue weighted by atomic mass is 35.5. The second-order valence-corrected chi connectivity index (χ2v) is 9.57. The number of hydrogen-bond acceptors (Lipinski definition) is 5. The zero-order chi connectivity index (χ0) is 25.5. The summed E-state index contributed by atoms with van der Waals surface area (Å²) < 4.78 is 7.21. The first-order valence-electron chi connectivity index (χ1n) is 12.3. The van der Waals surface area contributed by atoms with Crippen molar-refractivity contribution in [2.75, 3.05) is 19.0 Å². The largest absolute Gasteiger partial charge is 0.495 e. The fraction of sp³-hybridized carbons (Fsp3) is 0.321. The number of fused-ring (bicyclic) bond motifs is 1. The third-order valence-corrected chi connectivity index (χ3v) is 6.32. The number of benzene rings is 2. The summed E-state index contributed by atoms with van der Waals surface area (Å²) in [5, 5.41) is 6.85. The van der Waals surface area contributed by atoms with Gasteiger partial charge in [0, 0.05) is 35.8 Å². The van der Waals surface area contributed by atoms with Crippen LogP contribution in [0.3, 0.4) is 0 Å². The molecule has 2 aromatic carbocycles. The number of amides is 1. The Hall–Kier alpha value is -3.58. The minimum atomic E-state index is -0.0540. The summed E-state index contributed by atoms with van der Waals surface area (Å²) in [4.78, 5) is 21.5. The molecule has 0 unspecified atom stereocenters. The van der Waals surface area contributed by atoms with Crippen molar-refractivity contribution in [2.45, 2.75) is 39.5 Å². The predicted octanol–water partition coefficient (Wildman–Crippen LogP) is 6.75. The van der Waals surface area contributed by atoms with E-state index in [2.05, 4.69) is 34.4 Å². The maximum atomic E-state index is 12.5. The van der Waals surface area contributed by atoms with Crippen LogP contribution < -0.4 is 15.4 Å². The molecule has 8 heteroatoms. The summed E-state index contributed by atoms with van der Waals surface area (Å²) in [5.74, 6) is 1.91. The summed E-state index contributed by atoms with van der Waals surface area (Å²) >= 11 is 6.32. The first-order valence-corrected chi connectivity index (χ1v) is 12.7. The van der Waals surface area contributed by atoms with E-state index in [9.17, 15) is 4.79 Å². The molecule has 0 fully saturated rings. The molecule has 0 saturated carbocycles. The van der Waals surface area contributed by atoms with Crippen LogP contribution in [0.5, 0.6) is 5.75 Å². The molecule has 2 aromatic heterocycles. The predicted molar refractivity (Wildman–Crippen MR) is 145 cm³/mol. The lowest BCUT2D eigenvalue weighted by Gasteiger charge is -2.10. The minimum Gasteiger partial charge on any atom is -0.495 e. The van der Waals surface area contributed by atoms with E-state index in [0.29, 0.717) is 34.3 Å². The number of carbonyl (C=O) groups excluding carboxylic acids is 1. The zero-order valence-electron chi connectivity index (χ0n) is 20.9. The van der Waals surface area contributed by atoms with E-state index in [0.717, 1.165) is 35.7 Å². The Labute approximate surface area is 216 Å². The molecule has 2 N–H and O–H groups in total. The SMILES string of the molecule is COc1ccc(-c2cnc3c(Nc4ccc(C(=O)NCCCCCC(C)C)cc4)nccn23)cc1Cl. The van der Waals surface area contributed by atoms with E-state index in [1.807, 2.05) is 53.1 Å². The highest BCUT2D eigenvalue weighted by Crippen LogP contribution is 2.31. The fourth-order valence-corrected chi connectivity index (χ4v) is 4.30. The molecule has 4 aromatic rings. The van der Waals surface area contributed by atoms with Gasteiger partial charge in [0.1, 0.15) is 5.75 Å². The number of rotatable bonds is 11. The quantitative estimate of drug-likeness (QED) is 0.220. The van der Waals surface area contributed by atoms with Gasteiger partial charge >= 0.3 is 0 Å². The highest BCUT2D eigenvalue weighted by molar-refractivity contribution is 6.32. The Bertz CT molecular complexity index is 1320. The van der Waals surface area contributed by atoms with Crippen molar-refractivity contribution in [3.63, 3.8) is 0 Å². The van der Waals surface area contributed by atoms with Crippen LogP contribution in [0, 0.1) is 5.92 Å². The second-order valence-electron chi connectivity index (χ2n) is 9.16. The zero-order valence-corrected chi connectivity index (χ0v) is 21.7. The van der Waals surface area contributed by atoms with Crippen LogP contribution >= 0.6 is 11.6 Å². The number of halogens is 1. The van der Waals surface area contributed by atoms with E-state index in [4.69, 9.17) is 16.3 Å². The van der Waals surface area contributed by atoms with Crippen molar-refractivity contribution in [3.05, 3.63) is 71.6 Å². The summed E-state index contributed by atoms with van der Waals surface area (Å²) in [6.07, 6.45) is 9.95. The van der Waals surface area contributed by atoms with Crippen LogP contribution in [-0.2, 0) is 0 Å². The Morgan fingerprint density at radius 1 is 1.08 bits per heavy atom. The molecule has 36 heavy (non-hydrogen) atoms. The number of nitrogens with zero attached hydrogens (tertiary/aromatic N) is 3. The molecule has 0 bridgehead atoms. The maximum absolute atomic E-state index is 12.5. The third kappa shape index (κ3) is 6.15. The van der Waals surface area contributed by atoms with Gasteiger partial charge in [-0.05, 0) is 54.8 Å². The molecule has 7 nitrogen and oxygen atoms in total. The summed E-state index contributed by atoms with van der Waals surface area (Å²) in [7, 11) is 1.59. The van der Waals surface area contributed by atoms with Gasteiger partial charge < -0.3 is 15.4 Å². The monoisotopic (exact) mass is 505 g/mol. The summed E-state index contributed by atoms with van der Waals surface area (Å²) in [6.45, 7) is 5.18. The van der Waals surface area contributed by atoms with Crippen molar-refractivity contribution in [3.8, 4) is 17.0 Å². The van der Waals surface area contributed by atoms with E-state index in [1.54, 1.807) is 19.5 Å². The number of unbranched alkanes of at least 4 members (excludes halogenated alkanes) is 2. The smallest absolute Gasteiger partial charge is 0.251 e. The van der Waals surface area contributed by atoms with Gasteiger partial charge in [0.25, 0.3) is 5.91 Å². The lowest BCUT2D eigenvalue weighted by atomic mass is 10.1. The van der Waals surface area contributed by atoms with Crippen LogP contribution in [-0.4, -0.2) is 33.9 Å². The number of carbonyl (C=O) groups is 1. The van der Waals surface area contributed by atoms with E-state index in [-0.39, 0.29) is 5.91 Å². The topological polar surface area (TPSA) is 80.5 Å². The molecule has 1 amide bonds. The lowest BCUT2D eigenvalue weighted by molar-refractivity contribution is 0.0953. The van der Waals surface area contributed by atoms with E-state index < -0.39 is 0 Å². The number of imidazole rings is 1. The molecule has 188 valence electrons. The van der Waals surface area contributed by atoms with Crippen LogP contribution in [0.15, 0.2) is 61.1 Å². The highest BCUT2D eigenvalue weighted by Gasteiger charge is 2.13. The van der Waals surface area contributed by atoms with Crippen molar-refractivity contribution >= 4 is 34.7 Å².